The predicted molar refractivity (Wildman–Crippen MR) is 80.2 cm³/mol. The zero-order chi connectivity index (χ0) is 16.2. The van der Waals surface area contributed by atoms with Gasteiger partial charge >= 0.3 is 11.9 Å². The van der Waals surface area contributed by atoms with E-state index in [1.807, 2.05) is 18.2 Å². The highest BCUT2D eigenvalue weighted by atomic mass is 16.7. The van der Waals surface area contributed by atoms with Gasteiger partial charge in [-0.25, -0.2) is 4.79 Å². The molecule has 124 valence electrons. The first-order valence-corrected chi connectivity index (χ1v) is 7.85. The molecule has 1 aromatic carbocycles. The monoisotopic (exact) mass is 321 g/mol. The van der Waals surface area contributed by atoms with Gasteiger partial charge in [-0.3, -0.25) is 4.79 Å². The third-order valence-corrected chi connectivity index (χ3v) is 4.10. The average Bonchev–Trinajstić information content (AvgIpc) is 3.03. The first-order chi connectivity index (χ1) is 11.2. The molecule has 3 rings (SSSR count). The molecular weight excluding hydrogens is 300 g/mol. The van der Waals surface area contributed by atoms with E-state index in [9.17, 15) is 9.59 Å². The summed E-state index contributed by atoms with van der Waals surface area (Å²) in [6.07, 6.45) is 0. The van der Waals surface area contributed by atoms with E-state index in [1.165, 1.54) is 10.5 Å². The lowest BCUT2D eigenvalue weighted by Gasteiger charge is -2.31. The molecular formula is C16H21N2O5+. The number of ether oxygens (including phenoxy) is 3. The molecule has 2 aliphatic rings. The number of rotatable bonds is 3. The zero-order valence-corrected chi connectivity index (χ0v) is 13.2. The Hall–Kier alpha value is -2.28. The molecule has 0 saturated carbocycles. The van der Waals surface area contributed by atoms with E-state index in [4.69, 9.17) is 14.2 Å². The fraction of sp³-hybridized carbons (Fsp3) is 0.500. The first-order valence-electron chi connectivity index (χ1n) is 7.85. The standard InChI is InChI=1S/C16H20N2O5/c1-2-21-16(20)15(19)18-7-5-17(6-8-18)10-12-3-4-13-14(9-12)23-11-22-13/h3-4,9H,2,5-8,10-11H2,1H3/p+1. The smallest absolute Gasteiger partial charge is 0.397 e. The SMILES string of the molecule is CCOC(=O)C(=O)N1CC[NH+](Cc2ccc3c(c2)OCO3)CC1. The number of quaternary nitrogens is 1. The maximum atomic E-state index is 11.9. The lowest BCUT2D eigenvalue weighted by molar-refractivity contribution is -0.917. The Balaban J connectivity index is 1.51. The maximum absolute atomic E-state index is 11.9. The van der Waals surface area contributed by atoms with Crippen molar-refractivity contribution in [1.82, 2.24) is 4.90 Å². The van der Waals surface area contributed by atoms with Crippen molar-refractivity contribution < 1.29 is 28.7 Å². The van der Waals surface area contributed by atoms with Crippen molar-refractivity contribution in [2.75, 3.05) is 39.6 Å². The largest absolute Gasteiger partial charge is 0.459 e. The maximum Gasteiger partial charge on any atom is 0.397 e. The van der Waals surface area contributed by atoms with Crippen LogP contribution in [0.5, 0.6) is 11.5 Å². The van der Waals surface area contributed by atoms with Gasteiger partial charge in [-0.2, -0.15) is 0 Å². The van der Waals surface area contributed by atoms with Crippen molar-refractivity contribution in [3.8, 4) is 11.5 Å². The predicted octanol–water partition coefficient (Wildman–Crippen LogP) is -0.794. The lowest BCUT2D eigenvalue weighted by atomic mass is 10.1. The van der Waals surface area contributed by atoms with Crippen molar-refractivity contribution in [3.05, 3.63) is 23.8 Å². The van der Waals surface area contributed by atoms with Gasteiger partial charge in [0.05, 0.1) is 32.8 Å². The van der Waals surface area contributed by atoms with Gasteiger partial charge in [0, 0.05) is 5.56 Å². The second-order valence-corrected chi connectivity index (χ2v) is 5.63. The number of nitrogens with zero attached hydrogens (tertiary/aromatic N) is 1. The third kappa shape index (κ3) is 3.56. The lowest BCUT2D eigenvalue weighted by Crippen LogP contribution is -3.13. The summed E-state index contributed by atoms with van der Waals surface area (Å²) in [5.74, 6) is 0.285. The van der Waals surface area contributed by atoms with Gasteiger partial charge in [0.2, 0.25) is 6.79 Å². The minimum Gasteiger partial charge on any atom is -0.459 e. The number of carbonyl (C=O) groups is 2. The molecule has 0 bridgehead atoms. The second-order valence-electron chi connectivity index (χ2n) is 5.63. The molecule has 1 saturated heterocycles. The van der Waals surface area contributed by atoms with Crippen LogP contribution in [0.1, 0.15) is 12.5 Å². The highest BCUT2D eigenvalue weighted by molar-refractivity contribution is 6.32. The van der Waals surface area contributed by atoms with E-state index < -0.39 is 11.9 Å². The molecule has 7 heteroatoms. The minimum absolute atomic E-state index is 0.222. The van der Waals surface area contributed by atoms with Crippen molar-refractivity contribution >= 4 is 11.9 Å². The Morgan fingerprint density at radius 1 is 1.22 bits per heavy atom. The van der Waals surface area contributed by atoms with E-state index in [0.29, 0.717) is 13.1 Å². The summed E-state index contributed by atoms with van der Waals surface area (Å²) in [4.78, 5) is 26.3. The van der Waals surface area contributed by atoms with Crippen molar-refractivity contribution in [3.63, 3.8) is 0 Å². The number of fused-ring (bicyclic) bond motifs is 1. The Morgan fingerprint density at radius 2 is 1.96 bits per heavy atom. The molecule has 1 N–H and O–H groups in total. The van der Waals surface area contributed by atoms with E-state index in [1.54, 1.807) is 11.8 Å². The minimum atomic E-state index is -0.758. The molecule has 0 radical (unpaired) electrons. The molecule has 7 nitrogen and oxygen atoms in total. The van der Waals surface area contributed by atoms with Crippen LogP contribution in [0, 0.1) is 0 Å². The molecule has 2 heterocycles. The number of hydrogen-bond acceptors (Lipinski definition) is 5. The number of esters is 1. The van der Waals surface area contributed by atoms with Gasteiger partial charge < -0.3 is 24.0 Å². The fourth-order valence-corrected chi connectivity index (χ4v) is 2.86. The summed E-state index contributed by atoms with van der Waals surface area (Å²) in [5, 5.41) is 0. The van der Waals surface area contributed by atoms with Crippen molar-refractivity contribution in [1.29, 1.82) is 0 Å². The van der Waals surface area contributed by atoms with Crippen LogP contribution >= 0.6 is 0 Å². The van der Waals surface area contributed by atoms with Crippen LogP contribution in [0.25, 0.3) is 0 Å². The summed E-state index contributed by atoms with van der Waals surface area (Å²) < 4.78 is 15.5. The number of carbonyl (C=O) groups excluding carboxylic acids is 2. The van der Waals surface area contributed by atoms with Crippen LogP contribution in [0.4, 0.5) is 0 Å². The van der Waals surface area contributed by atoms with Gasteiger partial charge in [-0.05, 0) is 25.1 Å². The van der Waals surface area contributed by atoms with Crippen LogP contribution in [0.15, 0.2) is 18.2 Å². The summed E-state index contributed by atoms with van der Waals surface area (Å²) in [5.41, 5.74) is 1.18. The number of benzene rings is 1. The molecule has 1 fully saturated rings. The summed E-state index contributed by atoms with van der Waals surface area (Å²) in [6.45, 7) is 5.80. The number of hydrogen-bond donors (Lipinski definition) is 1. The van der Waals surface area contributed by atoms with E-state index in [0.717, 1.165) is 31.1 Å². The summed E-state index contributed by atoms with van der Waals surface area (Å²) in [6, 6.07) is 5.97. The molecule has 0 aromatic heterocycles. The summed E-state index contributed by atoms with van der Waals surface area (Å²) in [7, 11) is 0. The summed E-state index contributed by atoms with van der Waals surface area (Å²) >= 11 is 0. The fourth-order valence-electron chi connectivity index (χ4n) is 2.86. The Bertz CT molecular complexity index is 596. The van der Waals surface area contributed by atoms with Crippen LogP contribution in [-0.4, -0.2) is 56.4 Å². The molecule has 23 heavy (non-hydrogen) atoms. The Morgan fingerprint density at radius 3 is 2.70 bits per heavy atom. The van der Waals surface area contributed by atoms with Gasteiger partial charge in [0.1, 0.15) is 6.54 Å². The highest BCUT2D eigenvalue weighted by Crippen LogP contribution is 2.32. The molecule has 0 spiro atoms. The van der Waals surface area contributed by atoms with Crippen LogP contribution in [0.3, 0.4) is 0 Å². The van der Waals surface area contributed by atoms with Gasteiger partial charge in [-0.1, -0.05) is 0 Å². The van der Waals surface area contributed by atoms with Crippen LogP contribution < -0.4 is 14.4 Å². The molecule has 2 aliphatic heterocycles. The number of amides is 1. The van der Waals surface area contributed by atoms with E-state index in [2.05, 4.69) is 0 Å². The van der Waals surface area contributed by atoms with Crippen molar-refractivity contribution in [2.45, 2.75) is 13.5 Å². The molecule has 0 unspecified atom stereocenters. The zero-order valence-electron chi connectivity index (χ0n) is 13.2. The van der Waals surface area contributed by atoms with Crippen LogP contribution in [0.2, 0.25) is 0 Å². The first kappa shape index (κ1) is 15.6. The normalized spacial score (nSPS) is 17.2. The van der Waals surface area contributed by atoms with Gasteiger partial charge in [-0.15, -0.1) is 0 Å². The van der Waals surface area contributed by atoms with E-state index in [-0.39, 0.29) is 13.4 Å². The topological polar surface area (TPSA) is 69.5 Å². The highest BCUT2D eigenvalue weighted by Gasteiger charge is 2.29. The van der Waals surface area contributed by atoms with Crippen LogP contribution in [-0.2, 0) is 20.9 Å². The molecule has 1 amide bonds. The van der Waals surface area contributed by atoms with Gasteiger partial charge in [0.25, 0.3) is 0 Å². The quantitative estimate of drug-likeness (QED) is 0.583. The third-order valence-electron chi connectivity index (χ3n) is 4.10. The average molecular weight is 321 g/mol. The second kappa shape index (κ2) is 6.87. The van der Waals surface area contributed by atoms with Crippen molar-refractivity contribution in [2.24, 2.45) is 0 Å². The molecule has 0 atom stereocenters. The Labute approximate surface area is 134 Å². The molecule has 1 aromatic rings. The van der Waals surface area contributed by atoms with E-state index >= 15 is 0 Å². The number of nitrogens with one attached hydrogen (secondary N) is 1. The Kier molecular flexibility index (Phi) is 4.66. The van der Waals surface area contributed by atoms with Gasteiger partial charge in [0.15, 0.2) is 11.5 Å². The molecule has 0 aliphatic carbocycles. The number of piperazine rings is 1.